The molecular weight excluding hydrogens is 348 g/mol. The number of hydrogen-bond donors (Lipinski definition) is 2. The van der Waals surface area contributed by atoms with Gasteiger partial charge in [-0.15, -0.1) is 0 Å². The van der Waals surface area contributed by atoms with Crippen LogP contribution in [0.1, 0.15) is 40.9 Å². The SMILES string of the molecule is C[C@H](C(=O)c1c(N)n(C)c(=O)n(C)c1=O)N1CC[C@@H](O)c2ccccc2C1. The molecule has 0 saturated heterocycles. The van der Waals surface area contributed by atoms with Crippen molar-refractivity contribution in [3.05, 3.63) is 61.8 Å². The van der Waals surface area contributed by atoms with Crippen molar-refractivity contribution in [3.63, 3.8) is 0 Å². The first-order valence-electron chi connectivity index (χ1n) is 8.83. The van der Waals surface area contributed by atoms with Gasteiger partial charge in [0.2, 0.25) is 0 Å². The largest absolute Gasteiger partial charge is 0.388 e. The highest BCUT2D eigenvalue weighted by molar-refractivity contribution is 6.03. The number of ketones is 1. The number of aromatic nitrogens is 2. The van der Waals surface area contributed by atoms with Crippen LogP contribution >= 0.6 is 0 Å². The van der Waals surface area contributed by atoms with Crippen LogP contribution in [0.5, 0.6) is 0 Å². The number of anilines is 1. The van der Waals surface area contributed by atoms with Crippen LogP contribution in [0.4, 0.5) is 5.82 Å². The highest BCUT2D eigenvalue weighted by atomic mass is 16.3. The molecule has 27 heavy (non-hydrogen) atoms. The summed E-state index contributed by atoms with van der Waals surface area (Å²) in [5, 5.41) is 10.4. The number of benzene rings is 1. The van der Waals surface area contributed by atoms with Gasteiger partial charge in [-0.3, -0.25) is 23.6 Å². The van der Waals surface area contributed by atoms with Crippen molar-refractivity contribution < 1.29 is 9.90 Å². The monoisotopic (exact) mass is 372 g/mol. The molecule has 2 atom stereocenters. The minimum Gasteiger partial charge on any atom is -0.388 e. The van der Waals surface area contributed by atoms with Crippen LogP contribution in [0.15, 0.2) is 33.9 Å². The first kappa shape index (κ1) is 19.1. The first-order valence-corrected chi connectivity index (χ1v) is 8.83. The maximum Gasteiger partial charge on any atom is 0.332 e. The zero-order chi connectivity index (χ0) is 19.9. The van der Waals surface area contributed by atoms with E-state index in [1.54, 1.807) is 6.92 Å². The number of rotatable bonds is 3. The molecule has 3 N–H and O–H groups in total. The van der Waals surface area contributed by atoms with Crippen LogP contribution in [-0.4, -0.2) is 37.5 Å². The zero-order valence-electron chi connectivity index (χ0n) is 15.7. The fourth-order valence-corrected chi connectivity index (χ4v) is 3.54. The Labute approximate surface area is 156 Å². The molecule has 0 bridgehead atoms. The molecule has 8 nitrogen and oxygen atoms in total. The molecule has 0 fully saturated rings. The fraction of sp³-hybridized carbons (Fsp3) is 0.421. The topological polar surface area (TPSA) is 111 Å². The van der Waals surface area contributed by atoms with E-state index in [0.29, 0.717) is 19.5 Å². The normalized spacial score (nSPS) is 18.6. The maximum atomic E-state index is 13.1. The third kappa shape index (κ3) is 3.22. The Morgan fingerprint density at radius 2 is 1.89 bits per heavy atom. The smallest absolute Gasteiger partial charge is 0.332 e. The Morgan fingerprint density at radius 1 is 1.22 bits per heavy atom. The lowest BCUT2D eigenvalue weighted by atomic mass is 10.0. The number of nitrogen functional groups attached to an aromatic ring is 1. The first-order chi connectivity index (χ1) is 12.7. The third-order valence-electron chi connectivity index (χ3n) is 5.36. The second kappa shape index (κ2) is 7.13. The number of carbonyl (C=O) groups is 1. The van der Waals surface area contributed by atoms with Crippen molar-refractivity contribution in [2.45, 2.75) is 32.0 Å². The van der Waals surface area contributed by atoms with Gasteiger partial charge < -0.3 is 10.8 Å². The number of aliphatic hydroxyl groups excluding tert-OH is 1. The predicted molar refractivity (Wildman–Crippen MR) is 102 cm³/mol. The second-order valence-electron chi connectivity index (χ2n) is 6.98. The van der Waals surface area contributed by atoms with Gasteiger partial charge in [0, 0.05) is 27.2 Å². The summed E-state index contributed by atoms with van der Waals surface area (Å²) < 4.78 is 1.99. The number of fused-ring (bicyclic) bond motifs is 1. The lowest BCUT2D eigenvalue weighted by Crippen LogP contribution is -2.46. The Morgan fingerprint density at radius 3 is 2.59 bits per heavy atom. The van der Waals surface area contributed by atoms with Gasteiger partial charge >= 0.3 is 5.69 Å². The van der Waals surface area contributed by atoms with E-state index in [9.17, 15) is 19.5 Å². The molecule has 8 heteroatoms. The molecular formula is C19H24N4O4. The second-order valence-corrected chi connectivity index (χ2v) is 6.98. The highest BCUT2D eigenvalue weighted by Gasteiger charge is 2.31. The number of hydrogen-bond acceptors (Lipinski definition) is 6. The molecule has 1 aliphatic rings. The summed E-state index contributed by atoms with van der Waals surface area (Å²) in [6.07, 6.45) is -0.112. The van der Waals surface area contributed by atoms with Crippen molar-refractivity contribution in [3.8, 4) is 0 Å². The summed E-state index contributed by atoms with van der Waals surface area (Å²) in [5.74, 6) is -0.562. The van der Waals surface area contributed by atoms with Crippen LogP contribution < -0.4 is 17.0 Å². The fourth-order valence-electron chi connectivity index (χ4n) is 3.54. The van der Waals surface area contributed by atoms with E-state index in [-0.39, 0.29) is 11.4 Å². The molecule has 1 aromatic carbocycles. The van der Waals surface area contributed by atoms with Crippen LogP contribution in [0.25, 0.3) is 0 Å². The molecule has 1 aliphatic heterocycles. The maximum absolute atomic E-state index is 13.1. The van der Waals surface area contributed by atoms with Gasteiger partial charge in [0.1, 0.15) is 11.4 Å². The number of aliphatic hydroxyl groups is 1. The van der Waals surface area contributed by atoms with Crippen LogP contribution in [-0.2, 0) is 20.6 Å². The standard InChI is InChI=1S/C19H24N4O4/c1-11(16(25)15-17(20)21(2)19(27)22(3)18(15)26)23-9-8-14(24)13-7-5-4-6-12(13)10-23/h4-7,11,14,24H,8-10,20H2,1-3H3/t11-,14-/m1/s1. The molecule has 2 heterocycles. The number of carbonyl (C=O) groups excluding carboxylic acids is 1. The van der Waals surface area contributed by atoms with Crippen LogP contribution in [0, 0.1) is 0 Å². The van der Waals surface area contributed by atoms with Gasteiger partial charge in [-0.25, -0.2) is 4.79 Å². The van der Waals surface area contributed by atoms with Crippen LogP contribution in [0.3, 0.4) is 0 Å². The quantitative estimate of drug-likeness (QED) is 0.744. The molecule has 0 amide bonds. The van der Waals surface area contributed by atoms with E-state index in [1.165, 1.54) is 14.1 Å². The molecule has 144 valence electrons. The molecule has 0 unspecified atom stereocenters. The van der Waals surface area contributed by atoms with Gasteiger partial charge in [0.15, 0.2) is 5.78 Å². The number of Topliss-reactive ketones (excluding diaryl/α,β-unsaturated/α-hetero) is 1. The van der Waals surface area contributed by atoms with E-state index in [2.05, 4.69) is 0 Å². The molecule has 0 spiro atoms. The summed E-state index contributed by atoms with van der Waals surface area (Å²) in [6, 6.07) is 6.95. The zero-order valence-corrected chi connectivity index (χ0v) is 15.7. The lowest BCUT2D eigenvalue weighted by Gasteiger charge is -2.27. The minimum atomic E-state index is -0.692. The van der Waals surface area contributed by atoms with E-state index < -0.39 is 29.2 Å². The molecule has 2 aromatic rings. The van der Waals surface area contributed by atoms with Crippen LogP contribution in [0.2, 0.25) is 0 Å². The molecule has 0 radical (unpaired) electrons. The third-order valence-corrected chi connectivity index (χ3v) is 5.36. The van der Waals surface area contributed by atoms with Gasteiger partial charge in [0.05, 0.1) is 12.1 Å². The number of nitrogens with zero attached hydrogens (tertiary/aromatic N) is 3. The molecule has 0 aliphatic carbocycles. The summed E-state index contributed by atoms with van der Waals surface area (Å²) in [6.45, 7) is 2.69. The van der Waals surface area contributed by atoms with E-state index >= 15 is 0 Å². The van der Waals surface area contributed by atoms with Crippen molar-refractivity contribution in [2.75, 3.05) is 12.3 Å². The Bertz CT molecular complexity index is 1010. The molecule has 0 saturated carbocycles. The van der Waals surface area contributed by atoms with Gasteiger partial charge in [-0.2, -0.15) is 0 Å². The van der Waals surface area contributed by atoms with Crippen molar-refractivity contribution in [2.24, 2.45) is 14.1 Å². The van der Waals surface area contributed by atoms with Crippen molar-refractivity contribution in [1.29, 1.82) is 0 Å². The lowest BCUT2D eigenvalue weighted by molar-refractivity contribution is 0.0801. The summed E-state index contributed by atoms with van der Waals surface area (Å²) in [5.41, 5.74) is 6.28. The Balaban J connectivity index is 1.98. The van der Waals surface area contributed by atoms with E-state index in [4.69, 9.17) is 5.73 Å². The van der Waals surface area contributed by atoms with E-state index in [1.807, 2.05) is 29.2 Å². The highest BCUT2D eigenvalue weighted by Crippen LogP contribution is 2.28. The van der Waals surface area contributed by atoms with Gasteiger partial charge in [-0.05, 0) is 24.5 Å². The van der Waals surface area contributed by atoms with Gasteiger partial charge in [0.25, 0.3) is 5.56 Å². The van der Waals surface area contributed by atoms with Crippen molar-refractivity contribution >= 4 is 11.6 Å². The molecule has 1 aromatic heterocycles. The van der Waals surface area contributed by atoms with E-state index in [0.717, 1.165) is 20.3 Å². The summed E-state index contributed by atoms with van der Waals surface area (Å²) in [7, 11) is 2.75. The average molecular weight is 372 g/mol. The summed E-state index contributed by atoms with van der Waals surface area (Å²) >= 11 is 0. The predicted octanol–water partition coefficient (Wildman–Crippen LogP) is 0.177. The van der Waals surface area contributed by atoms with Gasteiger partial charge in [-0.1, -0.05) is 24.3 Å². The van der Waals surface area contributed by atoms with Crippen molar-refractivity contribution in [1.82, 2.24) is 14.0 Å². The minimum absolute atomic E-state index is 0.129. The Kier molecular flexibility index (Phi) is 5.03. The number of nitrogens with two attached hydrogens (primary N) is 1. The molecule has 3 rings (SSSR count). The Hall–Kier alpha value is -2.71. The average Bonchev–Trinajstić information content (AvgIpc) is 2.83. The summed E-state index contributed by atoms with van der Waals surface area (Å²) in [4.78, 5) is 39.5.